The smallest absolute Gasteiger partial charge is 0.0516 e. The molecule has 0 aromatic heterocycles. The van der Waals surface area contributed by atoms with Crippen molar-refractivity contribution in [2.24, 2.45) is 0 Å². The molecule has 98 valence electrons. The Morgan fingerprint density at radius 3 is 2.94 bits per heavy atom. The normalized spacial score (nSPS) is 28.5. The molecule has 2 unspecified atom stereocenters. The van der Waals surface area contributed by atoms with E-state index in [0.717, 1.165) is 6.04 Å². The highest BCUT2D eigenvalue weighted by atomic mass is 79.9. The fourth-order valence-corrected chi connectivity index (χ4v) is 3.84. The molecule has 0 aliphatic carbocycles. The molecule has 0 spiro atoms. The van der Waals surface area contributed by atoms with Crippen LogP contribution in [0.3, 0.4) is 0 Å². The highest BCUT2D eigenvalue weighted by Gasteiger charge is 2.34. The average molecular weight is 309 g/mol. The van der Waals surface area contributed by atoms with Crippen LogP contribution >= 0.6 is 15.9 Å². The summed E-state index contributed by atoms with van der Waals surface area (Å²) in [7, 11) is 0. The van der Waals surface area contributed by atoms with Crippen LogP contribution in [0, 0.1) is 6.92 Å². The number of piperazine rings is 1. The minimum absolute atomic E-state index is 0.609. The average Bonchev–Trinajstić information content (AvgIpc) is 2.78. The minimum Gasteiger partial charge on any atom is -0.365 e. The van der Waals surface area contributed by atoms with E-state index in [9.17, 15) is 0 Å². The van der Waals surface area contributed by atoms with Crippen LogP contribution in [0.1, 0.15) is 25.3 Å². The number of anilines is 1. The Bertz CT molecular complexity index is 446. The molecule has 1 aromatic rings. The third-order valence-corrected chi connectivity index (χ3v) is 5.02. The van der Waals surface area contributed by atoms with Gasteiger partial charge in [0, 0.05) is 29.6 Å². The summed E-state index contributed by atoms with van der Waals surface area (Å²) < 4.78 is 1.23. The molecule has 2 heterocycles. The van der Waals surface area contributed by atoms with Gasteiger partial charge in [-0.05, 0) is 66.9 Å². The largest absolute Gasteiger partial charge is 0.365 e. The fourth-order valence-electron chi connectivity index (χ4n) is 3.37. The van der Waals surface area contributed by atoms with Gasteiger partial charge in [0.25, 0.3) is 0 Å². The quantitative estimate of drug-likeness (QED) is 0.784. The van der Waals surface area contributed by atoms with Crippen molar-refractivity contribution >= 4 is 21.6 Å². The van der Waals surface area contributed by atoms with E-state index < -0.39 is 0 Å². The second-order valence-corrected chi connectivity index (χ2v) is 6.60. The maximum Gasteiger partial charge on any atom is 0.0516 e. The summed E-state index contributed by atoms with van der Waals surface area (Å²) in [5, 5.41) is 0. The van der Waals surface area contributed by atoms with Gasteiger partial charge in [0.05, 0.1) is 5.69 Å². The van der Waals surface area contributed by atoms with Gasteiger partial charge in [-0.25, -0.2) is 0 Å². The Kier molecular flexibility index (Phi) is 3.37. The molecule has 2 aliphatic rings. The van der Waals surface area contributed by atoms with E-state index in [2.05, 4.69) is 57.8 Å². The van der Waals surface area contributed by atoms with Crippen LogP contribution in [0.2, 0.25) is 0 Å². The van der Waals surface area contributed by atoms with Crippen molar-refractivity contribution in [2.75, 3.05) is 24.5 Å². The van der Waals surface area contributed by atoms with E-state index in [4.69, 9.17) is 0 Å². The Morgan fingerprint density at radius 2 is 2.11 bits per heavy atom. The predicted molar refractivity (Wildman–Crippen MR) is 80.3 cm³/mol. The van der Waals surface area contributed by atoms with Crippen LogP contribution in [-0.2, 0) is 0 Å². The number of benzene rings is 1. The van der Waals surface area contributed by atoms with Crippen LogP contribution in [0.15, 0.2) is 22.7 Å². The van der Waals surface area contributed by atoms with Gasteiger partial charge in [0.1, 0.15) is 0 Å². The van der Waals surface area contributed by atoms with Crippen molar-refractivity contribution in [3.63, 3.8) is 0 Å². The first-order valence-electron chi connectivity index (χ1n) is 6.92. The van der Waals surface area contributed by atoms with Gasteiger partial charge in [-0.3, -0.25) is 4.90 Å². The van der Waals surface area contributed by atoms with Crippen LogP contribution in [0.25, 0.3) is 0 Å². The van der Waals surface area contributed by atoms with Gasteiger partial charge in [0.15, 0.2) is 0 Å². The molecule has 0 N–H and O–H groups in total. The molecular formula is C15H21BrN2. The SMILES string of the molecule is Cc1ccc(Br)c(N2CC3CCCN3CC2C)c1. The standard InChI is InChI=1S/C15H21BrN2/c1-11-5-6-14(16)15(8-11)18-10-13-4-3-7-17(13)9-12(18)2/h5-6,8,12-13H,3-4,7,9-10H2,1-2H3. The van der Waals surface area contributed by atoms with E-state index in [1.54, 1.807) is 0 Å². The fraction of sp³-hybridized carbons (Fsp3) is 0.600. The Morgan fingerprint density at radius 1 is 1.28 bits per heavy atom. The van der Waals surface area contributed by atoms with Gasteiger partial charge < -0.3 is 4.90 Å². The highest BCUT2D eigenvalue weighted by Crippen LogP contribution is 2.33. The summed E-state index contributed by atoms with van der Waals surface area (Å²) in [6.45, 7) is 8.22. The van der Waals surface area contributed by atoms with Crippen LogP contribution < -0.4 is 4.90 Å². The monoisotopic (exact) mass is 308 g/mol. The number of fused-ring (bicyclic) bond motifs is 1. The van der Waals surface area contributed by atoms with Crippen LogP contribution in [0.4, 0.5) is 5.69 Å². The molecule has 0 radical (unpaired) electrons. The Hall–Kier alpha value is -0.540. The summed E-state index contributed by atoms with van der Waals surface area (Å²) in [6, 6.07) is 8.04. The van der Waals surface area contributed by atoms with Crippen molar-refractivity contribution in [3.05, 3.63) is 28.2 Å². The van der Waals surface area contributed by atoms with E-state index in [-0.39, 0.29) is 0 Å². The molecule has 2 aliphatic heterocycles. The summed E-state index contributed by atoms with van der Waals surface area (Å²) in [5.41, 5.74) is 2.71. The van der Waals surface area contributed by atoms with Gasteiger partial charge in [-0.15, -0.1) is 0 Å². The number of hydrogen-bond acceptors (Lipinski definition) is 2. The maximum absolute atomic E-state index is 3.71. The molecule has 2 nitrogen and oxygen atoms in total. The van der Waals surface area contributed by atoms with E-state index >= 15 is 0 Å². The maximum atomic E-state index is 3.71. The second-order valence-electron chi connectivity index (χ2n) is 5.75. The molecule has 3 rings (SSSR count). The zero-order chi connectivity index (χ0) is 12.7. The van der Waals surface area contributed by atoms with Crippen molar-refractivity contribution in [1.82, 2.24) is 4.90 Å². The first kappa shape index (κ1) is 12.5. The molecular weight excluding hydrogens is 288 g/mol. The third kappa shape index (κ3) is 2.19. The van der Waals surface area contributed by atoms with Crippen LogP contribution in [0.5, 0.6) is 0 Å². The summed E-state index contributed by atoms with van der Waals surface area (Å²) in [6.07, 6.45) is 2.74. The Labute approximate surface area is 118 Å². The first-order valence-corrected chi connectivity index (χ1v) is 7.71. The number of halogens is 1. The van der Waals surface area contributed by atoms with Crippen molar-refractivity contribution in [1.29, 1.82) is 0 Å². The van der Waals surface area contributed by atoms with Gasteiger partial charge >= 0.3 is 0 Å². The van der Waals surface area contributed by atoms with Gasteiger partial charge in [0.2, 0.25) is 0 Å². The molecule has 0 amide bonds. The van der Waals surface area contributed by atoms with E-state index in [1.807, 2.05) is 0 Å². The van der Waals surface area contributed by atoms with Crippen LogP contribution in [-0.4, -0.2) is 36.6 Å². The summed E-state index contributed by atoms with van der Waals surface area (Å²) >= 11 is 3.71. The van der Waals surface area contributed by atoms with Crippen molar-refractivity contribution in [3.8, 4) is 0 Å². The zero-order valence-corrected chi connectivity index (χ0v) is 12.8. The lowest BCUT2D eigenvalue weighted by atomic mass is 10.1. The lowest BCUT2D eigenvalue weighted by Gasteiger charge is -2.44. The van der Waals surface area contributed by atoms with Gasteiger partial charge in [-0.1, -0.05) is 6.07 Å². The zero-order valence-electron chi connectivity index (χ0n) is 11.2. The first-order chi connectivity index (χ1) is 8.65. The topological polar surface area (TPSA) is 6.48 Å². The predicted octanol–water partition coefficient (Wildman–Crippen LogP) is 3.43. The molecule has 1 aromatic carbocycles. The molecule has 2 atom stereocenters. The lowest BCUT2D eigenvalue weighted by Crippen LogP contribution is -2.55. The number of hydrogen-bond donors (Lipinski definition) is 0. The molecule has 0 saturated carbocycles. The number of aryl methyl sites for hydroxylation is 1. The number of nitrogens with zero attached hydrogens (tertiary/aromatic N) is 2. The molecule has 2 fully saturated rings. The molecule has 18 heavy (non-hydrogen) atoms. The van der Waals surface area contributed by atoms with E-state index in [1.165, 1.54) is 48.2 Å². The Balaban J connectivity index is 1.88. The van der Waals surface area contributed by atoms with Gasteiger partial charge in [-0.2, -0.15) is 0 Å². The van der Waals surface area contributed by atoms with Crippen molar-refractivity contribution in [2.45, 2.75) is 38.8 Å². The van der Waals surface area contributed by atoms with Crippen molar-refractivity contribution < 1.29 is 0 Å². The molecule has 3 heteroatoms. The molecule has 0 bridgehead atoms. The summed E-state index contributed by atoms with van der Waals surface area (Å²) in [5.74, 6) is 0. The highest BCUT2D eigenvalue weighted by molar-refractivity contribution is 9.10. The number of rotatable bonds is 1. The molecule has 2 saturated heterocycles. The minimum atomic E-state index is 0.609. The summed E-state index contributed by atoms with van der Waals surface area (Å²) in [4.78, 5) is 5.26. The third-order valence-electron chi connectivity index (χ3n) is 4.35. The second kappa shape index (κ2) is 4.86. The van der Waals surface area contributed by atoms with E-state index in [0.29, 0.717) is 6.04 Å². The lowest BCUT2D eigenvalue weighted by molar-refractivity contribution is 0.203.